The summed E-state index contributed by atoms with van der Waals surface area (Å²) in [6.45, 7) is 4.73. The SMILES string of the molecule is C=NC1=C(C=NCC=NC)N=C[N+]1(C)CCC(CO)CO. The van der Waals surface area contributed by atoms with Crippen molar-refractivity contribution in [2.24, 2.45) is 25.9 Å². The van der Waals surface area contributed by atoms with Gasteiger partial charge in [-0.25, -0.2) is 9.48 Å². The zero-order valence-corrected chi connectivity index (χ0v) is 12.7. The number of allylic oxidation sites excluding steroid dienone is 1. The van der Waals surface area contributed by atoms with Gasteiger partial charge >= 0.3 is 0 Å². The number of nitrogens with zero attached hydrogens (tertiary/aromatic N) is 5. The van der Waals surface area contributed by atoms with Crippen LogP contribution in [0.1, 0.15) is 6.42 Å². The summed E-state index contributed by atoms with van der Waals surface area (Å²) in [6, 6.07) is 0. The van der Waals surface area contributed by atoms with Crippen molar-refractivity contribution in [3.05, 3.63) is 11.5 Å². The van der Waals surface area contributed by atoms with Gasteiger partial charge in [0.1, 0.15) is 0 Å². The van der Waals surface area contributed by atoms with Crippen molar-refractivity contribution in [3.8, 4) is 0 Å². The van der Waals surface area contributed by atoms with E-state index >= 15 is 0 Å². The number of aliphatic hydroxyl groups is 2. The van der Waals surface area contributed by atoms with Gasteiger partial charge in [-0.15, -0.1) is 0 Å². The summed E-state index contributed by atoms with van der Waals surface area (Å²) in [5.74, 6) is 0.597. The van der Waals surface area contributed by atoms with Gasteiger partial charge in [-0.05, 0) is 6.72 Å². The van der Waals surface area contributed by atoms with Gasteiger partial charge in [0.2, 0.25) is 0 Å². The van der Waals surface area contributed by atoms with E-state index in [0.717, 1.165) is 5.82 Å². The molecule has 0 aromatic carbocycles. The van der Waals surface area contributed by atoms with Crippen molar-refractivity contribution in [2.45, 2.75) is 6.42 Å². The number of quaternary nitrogens is 1. The van der Waals surface area contributed by atoms with Crippen LogP contribution >= 0.6 is 0 Å². The minimum Gasteiger partial charge on any atom is -0.396 e. The third-order valence-electron chi connectivity index (χ3n) is 3.42. The van der Waals surface area contributed by atoms with Gasteiger partial charge < -0.3 is 10.2 Å². The second-order valence-corrected chi connectivity index (χ2v) is 5.06. The fraction of sp³-hybridized carbons (Fsp3) is 0.571. The fourth-order valence-corrected chi connectivity index (χ4v) is 2.02. The third kappa shape index (κ3) is 4.66. The standard InChI is InChI=1S/C14H24N5O2/c1-15-5-6-17-8-13-14(16-2)19(3,11-18-13)7-4-12(9-20)10-21/h5,8,11-12,20-21H,2,4,6-7,9-10H2,1,3H3/q+1. The minimum atomic E-state index is -0.127. The van der Waals surface area contributed by atoms with Crippen molar-refractivity contribution in [2.75, 3.05) is 40.4 Å². The Balaban J connectivity index is 2.79. The normalized spacial score (nSPS) is 22.3. The maximum Gasteiger partial charge on any atom is 0.260 e. The molecule has 1 rings (SSSR count). The molecule has 7 nitrogen and oxygen atoms in total. The van der Waals surface area contributed by atoms with Crippen LogP contribution in [0.2, 0.25) is 0 Å². The highest BCUT2D eigenvalue weighted by atomic mass is 16.3. The van der Waals surface area contributed by atoms with Crippen molar-refractivity contribution in [1.29, 1.82) is 0 Å². The third-order valence-corrected chi connectivity index (χ3v) is 3.42. The molecule has 0 amide bonds. The Morgan fingerprint density at radius 3 is 2.71 bits per heavy atom. The van der Waals surface area contributed by atoms with Gasteiger partial charge in [-0.3, -0.25) is 9.98 Å². The Labute approximate surface area is 125 Å². The Bertz CT molecular complexity index is 466. The van der Waals surface area contributed by atoms with E-state index in [1.165, 1.54) is 0 Å². The molecule has 21 heavy (non-hydrogen) atoms. The fourth-order valence-electron chi connectivity index (χ4n) is 2.02. The zero-order valence-electron chi connectivity index (χ0n) is 12.7. The lowest BCUT2D eigenvalue weighted by Gasteiger charge is -2.26. The smallest absolute Gasteiger partial charge is 0.260 e. The van der Waals surface area contributed by atoms with Gasteiger partial charge in [0.05, 0.1) is 26.4 Å². The van der Waals surface area contributed by atoms with Crippen molar-refractivity contribution < 1.29 is 14.7 Å². The summed E-state index contributed by atoms with van der Waals surface area (Å²) in [7, 11) is 3.67. The highest BCUT2D eigenvalue weighted by molar-refractivity contribution is 5.84. The first-order chi connectivity index (χ1) is 10.1. The number of aliphatic hydroxyl groups excluding tert-OH is 2. The average molecular weight is 294 g/mol. The molecule has 0 aliphatic carbocycles. The predicted molar refractivity (Wildman–Crippen MR) is 86.2 cm³/mol. The largest absolute Gasteiger partial charge is 0.396 e. The quantitative estimate of drug-likeness (QED) is 0.467. The second-order valence-electron chi connectivity index (χ2n) is 5.06. The van der Waals surface area contributed by atoms with Gasteiger partial charge in [-0.2, -0.15) is 4.99 Å². The van der Waals surface area contributed by atoms with E-state index in [1.807, 2.05) is 7.05 Å². The highest BCUT2D eigenvalue weighted by Gasteiger charge is 2.34. The molecule has 1 aliphatic heterocycles. The van der Waals surface area contributed by atoms with Gasteiger partial charge in [-0.1, -0.05) is 0 Å². The summed E-state index contributed by atoms with van der Waals surface area (Å²) in [6.07, 6.45) is 5.83. The Hall–Kier alpha value is -1.70. The molecule has 1 heterocycles. The minimum absolute atomic E-state index is 0.0289. The van der Waals surface area contributed by atoms with Gasteiger partial charge in [0, 0.05) is 38.8 Å². The summed E-state index contributed by atoms with van der Waals surface area (Å²) in [4.78, 5) is 16.5. The predicted octanol–water partition coefficient (Wildman–Crippen LogP) is 0.107. The lowest BCUT2D eigenvalue weighted by atomic mass is 10.1. The van der Waals surface area contributed by atoms with Crippen molar-refractivity contribution in [1.82, 2.24) is 0 Å². The van der Waals surface area contributed by atoms with Crippen LogP contribution in [-0.2, 0) is 0 Å². The monoisotopic (exact) mass is 294 g/mol. The van der Waals surface area contributed by atoms with Crippen LogP contribution in [0, 0.1) is 5.92 Å². The van der Waals surface area contributed by atoms with Crippen LogP contribution in [0.5, 0.6) is 0 Å². The molecule has 0 fully saturated rings. The summed E-state index contributed by atoms with van der Waals surface area (Å²) in [5.41, 5.74) is 0.682. The van der Waals surface area contributed by atoms with Gasteiger partial charge in [0.15, 0.2) is 12.0 Å². The number of aliphatic imine (C=N–C) groups is 4. The average Bonchev–Trinajstić information content (AvgIpc) is 2.81. The molecule has 0 bridgehead atoms. The molecule has 1 aliphatic rings. The van der Waals surface area contributed by atoms with Crippen LogP contribution in [0.4, 0.5) is 0 Å². The molecule has 0 aromatic rings. The van der Waals surface area contributed by atoms with E-state index < -0.39 is 0 Å². The topological polar surface area (TPSA) is 89.9 Å². The van der Waals surface area contributed by atoms with E-state index in [1.54, 1.807) is 25.8 Å². The maximum atomic E-state index is 9.14. The lowest BCUT2D eigenvalue weighted by Crippen LogP contribution is -2.41. The van der Waals surface area contributed by atoms with E-state index in [9.17, 15) is 0 Å². The van der Waals surface area contributed by atoms with Crippen LogP contribution in [0.3, 0.4) is 0 Å². The Morgan fingerprint density at radius 2 is 2.14 bits per heavy atom. The molecular weight excluding hydrogens is 270 g/mol. The van der Waals surface area contributed by atoms with E-state index in [-0.39, 0.29) is 19.1 Å². The van der Waals surface area contributed by atoms with E-state index in [2.05, 4.69) is 26.7 Å². The Morgan fingerprint density at radius 1 is 1.43 bits per heavy atom. The van der Waals surface area contributed by atoms with Crippen molar-refractivity contribution >= 4 is 25.5 Å². The first-order valence-corrected chi connectivity index (χ1v) is 6.85. The van der Waals surface area contributed by atoms with E-state index in [4.69, 9.17) is 10.2 Å². The number of rotatable bonds is 9. The summed E-state index contributed by atoms with van der Waals surface area (Å²) >= 11 is 0. The molecule has 0 saturated heterocycles. The van der Waals surface area contributed by atoms with Crippen molar-refractivity contribution in [3.63, 3.8) is 0 Å². The van der Waals surface area contributed by atoms with Crippen LogP contribution in [0.25, 0.3) is 0 Å². The molecular formula is C14H24N5O2+. The molecule has 0 spiro atoms. The van der Waals surface area contributed by atoms with Crippen LogP contribution < -0.4 is 0 Å². The summed E-state index contributed by atoms with van der Waals surface area (Å²) in [5, 5.41) is 18.3. The van der Waals surface area contributed by atoms with Gasteiger partial charge in [0.25, 0.3) is 5.82 Å². The maximum absolute atomic E-state index is 9.14. The molecule has 7 heteroatoms. The summed E-state index contributed by atoms with van der Waals surface area (Å²) < 4.78 is 0.392. The molecule has 0 aromatic heterocycles. The zero-order chi connectivity index (χ0) is 15.7. The van der Waals surface area contributed by atoms with E-state index in [0.29, 0.717) is 29.7 Å². The number of hydrogen-bond donors (Lipinski definition) is 2. The first kappa shape index (κ1) is 17.4. The molecule has 1 atom stereocenters. The number of hydrogen-bond acceptors (Lipinski definition) is 6. The lowest BCUT2D eigenvalue weighted by molar-refractivity contribution is -0.772. The molecule has 0 saturated carbocycles. The highest BCUT2D eigenvalue weighted by Crippen LogP contribution is 2.25. The van der Waals surface area contributed by atoms with Crippen LogP contribution in [0.15, 0.2) is 31.5 Å². The molecule has 116 valence electrons. The molecule has 2 N–H and O–H groups in total. The molecule has 0 radical (unpaired) electrons. The Kier molecular flexibility index (Phi) is 7.07. The van der Waals surface area contributed by atoms with Crippen LogP contribution in [-0.4, -0.2) is 80.6 Å². The molecule has 1 unspecified atom stereocenters. The first-order valence-electron chi connectivity index (χ1n) is 6.85. The second kappa shape index (κ2) is 8.56.